The minimum atomic E-state index is -3.92. The molecule has 1 N–H and O–H groups in total. The molecule has 0 aliphatic carbocycles. The van der Waals surface area contributed by atoms with Gasteiger partial charge < -0.3 is 15.0 Å². The van der Waals surface area contributed by atoms with Crippen molar-refractivity contribution in [2.45, 2.75) is 32.4 Å². The molecule has 0 heterocycles. The Kier molecular flexibility index (Phi) is 11.9. The summed E-state index contributed by atoms with van der Waals surface area (Å²) in [5.41, 5.74) is 1.75. The molecule has 0 aliphatic heterocycles. The maximum Gasteiger partial charge on any atom is 0.244 e. The van der Waals surface area contributed by atoms with Crippen LogP contribution in [0, 0.1) is 0 Å². The maximum absolute atomic E-state index is 14.2. The third-order valence-electron chi connectivity index (χ3n) is 6.94. The largest absolute Gasteiger partial charge is 0.457 e. The topological polar surface area (TPSA) is 96.0 Å². The fraction of sp³-hybridized carbons (Fsp3) is 0.235. The van der Waals surface area contributed by atoms with E-state index in [1.807, 2.05) is 55.5 Å². The van der Waals surface area contributed by atoms with Gasteiger partial charge in [0, 0.05) is 19.5 Å². The first-order valence-electron chi connectivity index (χ1n) is 14.4. The van der Waals surface area contributed by atoms with E-state index in [0.717, 1.165) is 16.1 Å². The lowest BCUT2D eigenvalue weighted by atomic mass is 10.0. The van der Waals surface area contributed by atoms with Crippen molar-refractivity contribution in [3.05, 3.63) is 124 Å². The molecule has 4 aromatic carbocycles. The van der Waals surface area contributed by atoms with E-state index in [2.05, 4.69) is 5.32 Å². The lowest BCUT2D eigenvalue weighted by Crippen LogP contribution is -2.53. The first kappa shape index (κ1) is 33.8. The van der Waals surface area contributed by atoms with Crippen LogP contribution in [-0.4, -0.2) is 50.5 Å². The van der Waals surface area contributed by atoms with Crippen molar-refractivity contribution in [2.24, 2.45) is 0 Å². The predicted octanol–water partition coefficient (Wildman–Crippen LogP) is 6.72. The number of carbonyl (C=O) groups is 2. The van der Waals surface area contributed by atoms with Crippen LogP contribution in [0.2, 0.25) is 10.0 Å². The van der Waals surface area contributed by atoms with Crippen LogP contribution in [-0.2, 0) is 32.6 Å². The summed E-state index contributed by atoms with van der Waals surface area (Å²) in [6.45, 7) is 1.82. The third-order valence-corrected chi connectivity index (χ3v) is 8.82. The molecule has 236 valence electrons. The average molecular weight is 669 g/mol. The number of amides is 2. The number of hydrogen-bond acceptors (Lipinski definition) is 5. The van der Waals surface area contributed by atoms with Gasteiger partial charge in [0.25, 0.3) is 0 Å². The standard InChI is InChI=1S/C34H35Cl2N3O5S/c1-3-20-37-34(41)32(22-25-10-6-4-7-11-25)38(23-26-14-19-30(35)31(36)21-26)33(40)24-39(45(2,42)43)27-15-17-29(18-16-27)44-28-12-8-5-9-13-28/h4-19,21,32H,3,20,22-24H2,1-2H3,(H,37,41). The molecule has 11 heteroatoms. The van der Waals surface area contributed by atoms with Crippen LogP contribution in [0.15, 0.2) is 103 Å². The molecule has 0 fully saturated rings. The van der Waals surface area contributed by atoms with Crippen molar-refractivity contribution >= 4 is 50.7 Å². The van der Waals surface area contributed by atoms with Gasteiger partial charge in [-0.1, -0.05) is 84.7 Å². The highest BCUT2D eigenvalue weighted by atomic mass is 35.5. The molecule has 0 bridgehead atoms. The fourth-order valence-corrected chi connectivity index (χ4v) is 5.84. The lowest BCUT2D eigenvalue weighted by molar-refractivity contribution is -0.140. The monoisotopic (exact) mass is 667 g/mol. The summed E-state index contributed by atoms with van der Waals surface area (Å²) in [5.74, 6) is 0.219. The van der Waals surface area contributed by atoms with E-state index in [4.69, 9.17) is 27.9 Å². The first-order valence-corrected chi connectivity index (χ1v) is 17.0. The van der Waals surface area contributed by atoms with E-state index < -0.39 is 28.5 Å². The maximum atomic E-state index is 14.2. The van der Waals surface area contributed by atoms with E-state index in [1.54, 1.807) is 54.6 Å². The first-order chi connectivity index (χ1) is 21.5. The summed E-state index contributed by atoms with van der Waals surface area (Å²) >= 11 is 12.4. The zero-order valence-electron chi connectivity index (χ0n) is 25.0. The van der Waals surface area contributed by atoms with Gasteiger partial charge in [0.1, 0.15) is 24.1 Å². The van der Waals surface area contributed by atoms with Crippen LogP contribution in [0.3, 0.4) is 0 Å². The van der Waals surface area contributed by atoms with Gasteiger partial charge in [-0.3, -0.25) is 13.9 Å². The Balaban J connectivity index is 1.68. The highest BCUT2D eigenvalue weighted by molar-refractivity contribution is 7.92. The molecule has 0 spiro atoms. The number of nitrogens with zero attached hydrogens (tertiary/aromatic N) is 2. The molecule has 0 radical (unpaired) electrons. The van der Waals surface area contributed by atoms with Gasteiger partial charge >= 0.3 is 0 Å². The molecule has 1 atom stereocenters. The lowest BCUT2D eigenvalue weighted by Gasteiger charge is -2.33. The minimum Gasteiger partial charge on any atom is -0.457 e. The second-order valence-corrected chi connectivity index (χ2v) is 13.2. The van der Waals surface area contributed by atoms with E-state index >= 15 is 0 Å². The van der Waals surface area contributed by atoms with Crippen molar-refractivity contribution in [3.63, 3.8) is 0 Å². The summed E-state index contributed by atoms with van der Waals surface area (Å²) in [6, 6.07) is 29.0. The fourth-order valence-electron chi connectivity index (χ4n) is 4.67. The second kappa shape index (κ2) is 15.8. The SMILES string of the molecule is CCCNC(=O)C(Cc1ccccc1)N(Cc1ccc(Cl)c(Cl)c1)C(=O)CN(c1ccc(Oc2ccccc2)cc1)S(C)(=O)=O. The Bertz CT molecular complexity index is 1690. The summed E-state index contributed by atoms with van der Waals surface area (Å²) in [4.78, 5) is 29.2. The van der Waals surface area contributed by atoms with E-state index in [1.165, 1.54) is 4.90 Å². The Morgan fingerprint density at radius 1 is 0.822 bits per heavy atom. The van der Waals surface area contributed by atoms with Crippen molar-refractivity contribution < 1.29 is 22.7 Å². The molecule has 0 saturated carbocycles. The number of sulfonamides is 1. The Morgan fingerprint density at radius 3 is 2.04 bits per heavy atom. The number of ether oxygens (including phenoxy) is 1. The smallest absolute Gasteiger partial charge is 0.244 e. The predicted molar refractivity (Wildman–Crippen MR) is 179 cm³/mol. The number of para-hydroxylation sites is 1. The van der Waals surface area contributed by atoms with E-state index in [0.29, 0.717) is 40.1 Å². The van der Waals surface area contributed by atoms with Crippen LogP contribution < -0.4 is 14.4 Å². The number of anilines is 1. The van der Waals surface area contributed by atoms with Gasteiger partial charge in [0.15, 0.2) is 0 Å². The van der Waals surface area contributed by atoms with E-state index in [9.17, 15) is 18.0 Å². The van der Waals surface area contributed by atoms with Gasteiger partial charge in [-0.2, -0.15) is 0 Å². The number of halogens is 2. The van der Waals surface area contributed by atoms with Crippen LogP contribution in [0.5, 0.6) is 11.5 Å². The molecule has 1 unspecified atom stereocenters. The van der Waals surface area contributed by atoms with Crippen molar-refractivity contribution in [1.29, 1.82) is 0 Å². The summed E-state index contributed by atoms with van der Waals surface area (Å²) in [5, 5.41) is 3.56. The number of hydrogen-bond donors (Lipinski definition) is 1. The molecule has 4 aromatic rings. The van der Waals surface area contributed by atoms with Crippen molar-refractivity contribution in [2.75, 3.05) is 23.7 Å². The number of carbonyl (C=O) groups excluding carboxylic acids is 2. The normalized spacial score (nSPS) is 11.8. The van der Waals surface area contributed by atoms with Gasteiger partial charge in [-0.15, -0.1) is 0 Å². The summed E-state index contributed by atoms with van der Waals surface area (Å²) in [6.07, 6.45) is 1.96. The molecule has 0 aromatic heterocycles. The molecular weight excluding hydrogens is 633 g/mol. The number of rotatable bonds is 14. The quantitative estimate of drug-likeness (QED) is 0.161. The highest BCUT2D eigenvalue weighted by Gasteiger charge is 2.33. The minimum absolute atomic E-state index is 0.00573. The molecule has 0 aliphatic rings. The van der Waals surface area contributed by atoms with Gasteiger partial charge in [-0.05, 0) is 66.1 Å². The zero-order chi connectivity index (χ0) is 32.4. The molecule has 2 amide bonds. The van der Waals surface area contributed by atoms with Crippen LogP contribution in [0.4, 0.5) is 5.69 Å². The van der Waals surface area contributed by atoms with E-state index in [-0.39, 0.29) is 24.6 Å². The van der Waals surface area contributed by atoms with Crippen LogP contribution in [0.1, 0.15) is 24.5 Å². The molecule has 45 heavy (non-hydrogen) atoms. The summed E-state index contributed by atoms with van der Waals surface area (Å²) in [7, 11) is -3.92. The van der Waals surface area contributed by atoms with Crippen LogP contribution >= 0.6 is 23.2 Å². The zero-order valence-corrected chi connectivity index (χ0v) is 27.4. The third kappa shape index (κ3) is 9.72. The molecule has 4 rings (SSSR count). The van der Waals surface area contributed by atoms with Gasteiger partial charge in [-0.25, -0.2) is 8.42 Å². The van der Waals surface area contributed by atoms with Gasteiger partial charge in [0.2, 0.25) is 21.8 Å². The average Bonchev–Trinajstić information content (AvgIpc) is 3.03. The molecular formula is C34H35Cl2N3O5S. The van der Waals surface area contributed by atoms with Crippen LogP contribution in [0.25, 0.3) is 0 Å². The number of nitrogens with one attached hydrogen (secondary N) is 1. The molecule has 8 nitrogen and oxygen atoms in total. The number of benzene rings is 4. The van der Waals surface area contributed by atoms with Gasteiger partial charge in [0.05, 0.1) is 22.0 Å². The van der Waals surface area contributed by atoms with Crippen molar-refractivity contribution in [1.82, 2.24) is 10.2 Å². The Labute approximate surface area is 274 Å². The summed E-state index contributed by atoms with van der Waals surface area (Å²) < 4.78 is 33.0. The Hall–Kier alpha value is -4.05. The molecule has 0 saturated heterocycles. The van der Waals surface area contributed by atoms with Crippen molar-refractivity contribution in [3.8, 4) is 11.5 Å². The Morgan fingerprint density at radius 2 is 1.44 bits per heavy atom. The second-order valence-electron chi connectivity index (χ2n) is 10.4. The highest BCUT2D eigenvalue weighted by Crippen LogP contribution is 2.27.